The number of hydrogen-bond acceptors (Lipinski definition) is 2. The Morgan fingerprint density at radius 3 is 2.78 bits per heavy atom. The molecule has 0 unspecified atom stereocenters. The summed E-state index contributed by atoms with van der Waals surface area (Å²) in [5.41, 5.74) is 0.553. The van der Waals surface area contributed by atoms with E-state index >= 15 is 0 Å². The van der Waals surface area contributed by atoms with E-state index in [1.54, 1.807) is 0 Å². The third-order valence-electron chi connectivity index (χ3n) is 4.09. The first-order chi connectivity index (χ1) is 8.67. The van der Waals surface area contributed by atoms with Gasteiger partial charge in [0, 0.05) is 12.7 Å². The minimum absolute atomic E-state index is 0.187. The normalized spacial score (nSPS) is 27.8. The lowest BCUT2D eigenvalue weighted by atomic mass is 9.77. The predicted molar refractivity (Wildman–Crippen MR) is 76.9 cm³/mol. The fraction of sp³-hybridized carbons (Fsp3) is 0.500. The highest BCUT2D eigenvalue weighted by Gasteiger charge is 2.40. The summed E-state index contributed by atoms with van der Waals surface area (Å²) in [6, 6.07) is 10.5. The summed E-state index contributed by atoms with van der Waals surface area (Å²) in [4.78, 5) is 2.22. The van der Waals surface area contributed by atoms with Crippen molar-refractivity contribution in [1.29, 1.82) is 0 Å². The molecule has 0 bridgehead atoms. The summed E-state index contributed by atoms with van der Waals surface area (Å²) in [6.45, 7) is 3.79. The molecule has 2 rings (SSSR count). The smallest absolute Gasteiger partial charge is 0.0883 e. The van der Waals surface area contributed by atoms with Crippen LogP contribution >= 0.6 is 0 Å². The molecule has 1 saturated carbocycles. The summed E-state index contributed by atoms with van der Waals surface area (Å²) in [7, 11) is 2.08. The highest BCUT2D eigenvalue weighted by Crippen LogP contribution is 2.36. The molecule has 1 aliphatic carbocycles. The van der Waals surface area contributed by atoms with Crippen LogP contribution in [0.1, 0.15) is 32.1 Å². The number of benzene rings is 1. The highest BCUT2D eigenvalue weighted by molar-refractivity contribution is 5.47. The van der Waals surface area contributed by atoms with Gasteiger partial charge in [-0.05, 0) is 31.4 Å². The molecule has 0 aromatic heterocycles. The van der Waals surface area contributed by atoms with Crippen LogP contribution < -0.4 is 4.90 Å². The first-order valence-corrected chi connectivity index (χ1v) is 6.78. The van der Waals surface area contributed by atoms with E-state index in [9.17, 15) is 5.11 Å². The zero-order valence-electron chi connectivity index (χ0n) is 11.2. The molecule has 0 heterocycles. The number of aliphatic hydroxyl groups is 1. The Bertz CT molecular complexity index is 389. The molecule has 98 valence electrons. The molecule has 0 radical (unpaired) electrons. The zero-order chi connectivity index (χ0) is 13.0. The van der Waals surface area contributed by atoms with Crippen molar-refractivity contribution < 1.29 is 5.11 Å². The molecule has 18 heavy (non-hydrogen) atoms. The van der Waals surface area contributed by atoms with Crippen LogP contribution in [0.5, 0.6) is 0 Å². The number of nitrogens with zero attached hydrogens (tertiary/aromatic N) is 1. The average molecular weight is 245 g/mol. The zero-order valence-corrected chi connectivity index (χ0v) is 11.2. The van der Waals surface area contributed by atoms with E-state index in [2.05, 4.69) is 30.7 Å². The first-order valence-electron chi connectivity index (χ1n) is 6.78. The van der Waals surface area contributed by atoms with Gasteiger partial charge < -0.3 is 10.0 Å². The van der Waals surface area contributed by atoms with Gasteiger partial charge in [0.15, 0.2) is 0 Å². The molecule has 2 nitrogen and oxygen atoms in total. The van der Waals surface area contributed by atoms with Crippen molar-refractivity contribution in [3.63, 3.8) is 0 Å². The van der Waals surface area contributed by atoms with Crippen LogP contribution in [-0.2, 0) is 0 Å². The Morgan fingerprint density at radius 1 is 1.39 bits per heavy atom. The highest BCUT2D eigenvalue weighted by atomic mass is 16.3. The van der Waals surface area contributed by atoms with Crippen LogP contribution in [0.2, 0.25) is 0 Å². The molecule has 1 aromatic rings. The van der Waals surface area contributed by atoms with E-state index in [0.717, 1.165) is 19.3 Å². The van der Waals surface area contributed by atoms with Gasteiger partial charge in [0.2, 0.25) is 0 Å². The quantitative estimate of drug-likeness (QED) is 0.822. The second-order valence-corrected chi connectivity index (χ2v) is 5.30. The molecule has 0 saturated heterocycles. The number of likely N-dealkylation sites (N-methyl/N-ethyl adjacent to an activating group) is 1. The molecule has 0 spiro atoms. The van der Waals surface area contributed by atoms with E-state index in [1.165, 1.54) is 12.1 Å². The Balaban J connectivity index is 2.21. The van der Waals surface area contributed by atoms with Gasteiger partial charge in [0.05, 0.1) is 11.6 Å². The van der Waals surface area contributed by atoms with Crippen molar-refractivity contribution in [3.05, 3.63) is 43.0 Å². The Kier molecular flexibility index (Phi) is 4.07. The van der Waals surface area contributed by atoms with Gasteiger partial charge >= 0.3 is 0 Å². The summed E-state index contributed by atoms with van der Waals surface area (Å²) in [5.74, 6) is 0. The topological polar surface area (TPSA) is 23.5 Å². The molecule has 1 aromatic carbocycles. The van der Waals surface area contributed by atoms with E-state index in [1.807, 2.05) is 24.3 Å². The third-order valence-corrected chi connectivity index (χ3v) is 4.09. The number of hydrogen-bond donors (Lipinski definition) is 1. The summed E-state index contributed by atoms with van der Waals surface area (Å²) >= 11 is 0. The lowest BCUT2D eigenvalue weighted by molar-refractivity contribution is -0.0126. The summed E-state index contributed by atoms with van der Waals surface area (Å²) < 4.78 is 0. The molecule has 2 heteroatoms. The van der Waals surface area contributed by atoms with Crippen molar-refractivity contribution in [1.82, 2.24) is 0 Å². The molecule has 1 aliphatic rings. The van der Waals surface area contributed by atoms with Gasteiger partial charge in [-0.2, -0.15) is 0 Å². The van der Waals surface area contributed by atoms with Crippen molar-refractivity contribution in [2.24, 2.45) is 0 Å². The van der Waals surface area contributed by atoms with Crippen molar-refractivity contribution in [2.75, 3.05) is 11.9 Å². The molecule has 0 aliphatic heterocycles. The Labute approximate surface area is 110 Å². The SMILES string of the molecule is C=CC[C@@]1(O)CCCC[C@@H]1N(C)c1ccccc1. The molecule has 1 fully saturated rings. The van der Waals surface area contributed by atoms with Gasteiger partial charge in [-0.1, -0.05) is 37.1 Å². The van der Waals surface area contributed by atoms with E-state index in [4.69, 9.17) is 0 Å². The van der Waals surface area contributed by atoms with Crippen LogP contribution in [0.25, 0.3) is 0 Å². The lowest BCUT2D eigenvalue weighted by Crippen LogP contribution is -2.53. The average Bonchev–Trinajstić information content (AvgIpc) is 2.39. The Morgan fingerprint density at radius 2 is 2.11 bits per heavy atom. The molecular weight excluding hydrogens is 222 g/mol. The van der Waals surface area contributed by atoms with Crippen molar-refractivity contribution in [3.8, 4) is 0 Å². The second kappa shape index (κ2) is 5.57. The number of rotatable bonds is 4. The maximum Gasteiger partial charge on any atom is 0.0883 e. The molecule has 0 amide bonds. The summed E-state index contributed by atoms with van der Waals surface area (Å²) in [5, 5.41) is 10.8. The van der Waals surface area contributed by atoms with Crippen molar-refractivity contribution in [2.45, 2.75) is 43.7 Å². The largest absolute Gasteiger partial charge is 0.387 e. The molecular formula is C16H23NO. The molecule has 1 N–H and O–H groups in total. The second-order valence-electron chi connectivity index (χ2n) is 5.30. The third kappa shape index (κ3) is 2.59. The predicted octanol–water partition coefficient (Wildman–Crippen LogP) is 3.37. The van der Waals surface area contributed by atoms with E-state index in [0.29, 0.717) is 6.42 Å². The van der Waals surface area contributed by atoms with Crippen LogP contribution in [0.15, 0.2) is 43.0 Å². The van der Waals surface area contributed by atoms with Gasteiger partial charge in [-0.25, -0.2) is 0 Å². The molecule has 2 atom stereocenters. The van der Waals surface area contributed by atoms with Crippen LogP contribution in [-0.4, -0.2) is 23.8 Å². The lowest BCUT2D eigenvalue weighted by Gasteiger charge is -2.45. The maximum atomic E-state index is 10.8. The van der Waals surface area contributed by atoms with Crippen LogP contribution in [0, 0.1) is 0 Å². The first kappa shape index (κ1) is 13.2. The van der Waals surface area contributed by atoms with Gasteiger partial charge in [0.1, 0.15) is 0 Å². The summed E-state index contributed by atoms with van der Waals surface area (Å²) in [6.07, 6.45) is 6.76. The standard InChI is InChI=1S/C16H23NO/c1-3-12-16(18)13-8-7-11-15(16)17(2)14-9-5-4-6-10-14/h3-6,9-10,15,18H,1,7-8,11-13H2,2H3/t15-,16+/m0/s1. The van der Waals surface area contributed by atoms with E-state index in [-0.39, 0.29) is 6.04 Å². The van der Waals surface area contributed by atoms with Gasteiger partial charge in [0.25, 0.3) is 0 Å². The maximum absolute atomic E-state index is 10.8. The number of para-hydroxylation sites is 1. The van der Waals surface area contributed by atoms with Crippen LogP contribution in [0.3, 0.4) is 0 Å². The van der Waals surface area contributed by atoms with Gasteiger partial charge in [-0.15, -0.1) is 6.58 Å². The monoisotopic (exact) mass is 245 g/mol. The Hall–Kier alpha value is -1.28. The fourth-order valence-corrected chi connectivity index (χ4v) is 3.09. The minimum Gasteiger partial charge on any atom is -0.387 e. The number of anilines is 1. The van der Waals surface area contributed by atoms with Gasteiger partial charge in [-0.3, -0.25) is 0 Å². The fourth-order valence-electron chi connectivity index (χ4n) is 3.09. The minimum atomic E-state index is -0.620. The van der Waals surface area contributed by atoms with Crippen molar-refractivity contribution >= 4 is 5.69 Å². The van der Waals surface area contributed by atoms with E-state index < -0.39 is 5.60 Å². The van der Waals surface area contributed by atoms with Crippen LogP contribution in [0.4, 0.5) is 5.69 Å².